The molecule has 0 amide bonds. The van der Waals surface area contributed by atoms with Gasteiger partial charge in [-0.25, -0.2) is 9.59 Å². The zero-order valence-electron chi connectivity index (χ0n) is 13.7. The lowest BCUT2D eigenvalue weighted by molar-refractivity contribution is 0.296. The Kier molecular flexibility index (Phi) is 5.75. The molecule has 3 aromatic rings. The first-order valence-corrected chi connectivity index (χ1v) is 9.33. The highest BCUT2D eigenvalue weighted by atomic mass is 79.9. The van der Waals surface area contributed by atoms with E-state index >= 15 is 0 Å². The minimum Gasteiger partial charge on any atom is -0.493 e. The maximum atomic E-state index is 12.1. The summed E-state index contributed by atoms with van der Waals surface area (Å²) in [6.45, 7) is 2.56. The SMILES string of the molecule is Cc1cc(Br)c2c(c1)c(=O)oc(=O)n2CCCOc1ccc(Cl)c(Cl)c1. The van der Waals surface area contributed by atoms with Crippen LogP contribution in [0, 0.1) is 6.92 Å². The molecule has 0 saturated carbocycles. The fraction of sp³-hybridized carbons (Fsp3) is 0.222. The van der Waals surface area contributed by atoms with Gasteiger partial charge >= 0.3 is 11.4 Å². The molecule has 0 unspecified atom stereocenters. The molecule has 8 heteroatoms. The van der Waals surface area contributed by atoms with Crippen molar-refractivity contribution in [3.63, 3.8) is 0 Å². The molecule has 0 bridgehead atoms. The summed E-state index contributed by atoms with van der Waals surface area (Å²) in [5.74, 6) is -0.102. The summed E-state index contributed by atoms with van der Waals surface area (Å²) in [4.78, 5) is 24.1. The summed E-state index contributed by atoms with van der Waals surface area (Å²) >= 11 is 15.2. The molecule has 0 spiro atoms. The zero-order valence-corrected chi connectivity index (χ0v) is 16.8. The first-order valence-electron chi connectivity index (χ1n) is 7.78. The Bertz CT molecular complexity index is 1090. The van der Waals surface area contributed by atoms with Gasteiger partial charge in [0.15, 0.2) is 0 Å². The van der Waals surface area contributed by atoms with Gasteiger partial charge in [0.05, 0.1) is 27.6 Å². The van der Waals surface area contributed by atoms with Crippen molar-refractivity contribution in [2.24, 2.45) is 0 Å². The first kappa shape index (κ1) is 19.0. The summed E-state index contributed by atoms with van der Waals surface area (Å²) in [7, 11) is 0. The van der Waals surface area contributed by atoms with E-state index in [0.717, 1.165) is 5.56 Å². The van der Waals surface area contributed by atoms with Crippen LogP contribution in [0.15, 0.2) is 48.8 Å². The number of hydrogen-bond donors (Lipinski definition) is 0. The van der Waals surface area contributed by atoms with E-state index in [4.69, 9.17) is 32.4 Å². The zero-order chi connectivity index (χ0) is 18.8. The molecule has 0 aliphatic rings. The average molecular weight is 459 g/mol. The molecule has 26 heavy (non-hydrogen) atoms. The minimum absolute atomic E-state index is 0.335. The number of rotatable bonds is 5. The molecule has 0 radical (unpaired) electrons. The largest absolute Gasteiger partial charge is 0.493 e. The van der Waals surface area contributed by atoms with Crippen molar-refractivity contribution in [1.29, 1.82) is 0 Å². The van der Waals surface area contributed by atoms with E-state index in [1.54, 1.807) is 24.3 Å². The number of benzene rings is 2. The second-order valence-corrected chi connectivity index (χ2v) is 7.40. The quantitative estimate of drug-likeness (QED) is 0.515. The summed E-state index contributed by atoms with van der Waals surface area (Å²) in [5.41, 5.74) is 0.772. The van der Waals surface area contributed by atoms with E-state index in [-0.39, 0.29) is 0 Å². The second-order valence-electron chi connectivity index (χ2n) is 5.73. The second kappa shape index (κ2) is 7.86. The van der Waals surface area contributed by atoms with Gasteiger partial charge in [0.1, 0.15) is 5.75 Å². The van der Waals surface area contributed by atoms with Crippen LogP contribution in [-0.4, -0.2) is 11.2 Å². The van der Waals surface area contributed by atoms with Crippen LogP contribution in [0.4, 0.5) is 0 Å². The monoisotopic (exact) mass is 457 g/mol. The van der Waals surface area contributed by atoms with E-state index < -0.39 is 11.4 Å². The topological polar surface area (TPSA) is 61.4 Å². The predicted octanol–water partition coefficient (Wildman–Crippen LogP) is 4.80. The number of fused-ring (bicyclic) bond motifs is 1. The molecular formula is C18H14BrCl2NO4. The van der Waals surface area contributed by atoms with E-state index in [0.29, 0.717) is 50.7 Å². The van der Waals surface area contributed by atoms with Crippen molar-refractivity contribution < 1.29 is 9.15 Å². The van der Waals surface area contributed by atoms with E-state index in [2.05, 4.69) is 15.9 Å². The molecule has 5 nitrogen and oxygen atoms in total. The predicted molar refractivity (Wildman–Crippen MR) is 106 cm³/mol. The van der Waals surface area contributed by atoms with Crippen LogP contribution in [0.3, 0.4) is 0 Å². The Hall–Kier alpha value is -1.76. The minimum atomic E-state index is -0.693. The highest BCUT2D eigenvalue weighted by Crippen LogP contribution is 2.26. The molecular weight excluding hydrogens is 445 g/mol. The van der Waals surface area contributed by atoms with Crippen molar-refractivity contribution in [2.75, 3.05) is 6.61 Å². The maximum Gasteiger partial charge on any atom is 0.422 e. The van der Waals surface area contributed by atoms with Gasteiger partial charge in [-0.1, -0.05) is 23.2 Å². The van der Waals surface area contributed by atoms with Crippen molar-refractivity contribution >= 4 is 50.0 Å². The molecule has 1 aromatic heterocycles. The van der Waals surface area contributed by atoms with Crippen LogP contribution < -0.4 is 16.1 Å². The molecule has 0 N–H and O–H groups in total. The molecule has 0 atom stereocenters. The molecule has 0 saturated heterocycles. The number of nitrogens with zero attached hydrogens (tertiary/aromatic N) is 1. The first-order chi connectivity index (χ1) is 12.4. The van der Waals surface area contributed by atoms with Gasteiger partial charge in [-0.2, -0.15) is 0 Å². The fourth-order valence-corrected chi connectivity index (χ4v) is 3.70. The number of aryl methyl sites for hydroxylation is 2. The Balaban J connectivity index is 1.80. The standard InChI is InChI=1S/C18H14BrCl2NO4/c1-10-7-12-16(13(19)8-10)22(18(24)26-17(12)23)5-2-6-25-11-3-4-14(20)15(21)9-11/h3-4,7-9H,2,5-6H2,1H3. The number of halogens is 3. The van der Waals surface area contributed by atoms with Gasteiger partial charge in [-0.15, -0.1) is 0 Å². The van der Waals surface area contributed by atoms with Crippen molar-refractivity contribution in [3.05, 3.63) is 71.4 Å². The fourth-order valence-electron chi connectivity index (χ4n) is 2.63. The Morgan fingerprint density at radius 1 is 1.15 bits per heavy atom. The van der Waals surface area contributed by atoms with Crippen LogP contribution in [0.1, 0.15) is 12.0 Å². The summed E-state index contributed by atoms with van der Waals surface area (Å²) < 4.78 is 12.6. The molecule has 2 aromatic carbocycles. The van der Waals surface area contributed by atoms with Crippen molar-refractivity contribution in [2.45, 2.75) is 19.9 Å². The van der Waals surface area contributed by atoms with E-state index in [9.17, 15) is 9.59 Å². The highest BCUT2D eigenvalue weighted by molar-refractivity contribution is 9.10. The smallest absolute Gasteiger partial charge is 0.422 e. The third-order valence-electron chi connectivity index (χ3n) is 3.78. The third kappa shape index (κ3) is 3.98. The lowest BCUT2D eigenvalue weighted by Gasteiger charge is -2.11. The van der Waals surface area contributed by atoms with Gasteiger partial charge in [-0.3, -0.25) is 4.57 Å². The van der Waals surface area contributed by atoms with Gasteiger partial charge < -0.3 is 9.15 Å². The number of aromatic nitrogens is 1. The Morgan fingerprint density at radius 2 is 1.92 bits per heavy atom. The summed E-state index contributed by atoms with van der Waals surface area (Å²) in [6.07, 6.45) is 0.531. The van der Waals surface area contributed by atoms with Gasteiger partial charge in [-0.05, 0) is 59.1 Å². The summed E-state index contributed by atoms with van der Waals surface area (Å²) in [5, 5.41) is 1.23. The molecule has 3 rings (SSSR count). The number of ether oxygens (including phenoxy) is 1. The van der Waals surface area contributed by atoms with E-state index in [1.165, 1.54) is 4.57 Å². The van der Waals surface area contributed by atoms with Gasteiger partial charge in [0, 0.05) is 17.1 Å². The van der Waals surface area contributed by atoms with Crippen LogP contribution in [0.5, 0.6) is 5.75 Å². The van der Waals surface area contributed by atoms with Crippen LogP contribution in [0.2, 0.25) is 10.0 Å². The molecule has 1 heterocycles. The normalized spacial score (nSPS) is 11.1. The van der Waals surface area contributed by atoms with Gasteiger partial charge in [0.25, 0.3) is 0 Å². The van der Waals surface area contributed by atoms with Crippen LogP contribution in [0.25, 0.3) is 10.9 Å². The molecule has 0 fully saturated rings. The van der Waals surface area contributed by atoms with Crippen molar-refractivity contribution in [3.8, 4) is 5.75 Å². The summed E-state index contributed by atoms with van der Waals surface area (Å²) in [6, 6.07) is 8.56. The number of hydrogen-bond acceptors (Lipinski definition) is 4. The molecule has 0 aliphatic carbocycles. The average Bonchev–Trinajstić information content (AvgIpc) is 2.57. The maximum absolute atomic E-state index is 12.1. The lowest BCUT2D eigenvalue weighted by Crippen LogP contribution is -2.26. The molecule has 0 aliphatic heterocycles. The lowest BCUT2D eigenvalue weighted by atomic mass is 10.2. The Labute approximate surface area is 167 Å². The Morgan fingerprint density at radius 3 is 2.65 bits per heavy atom. The van der Waals surface area contributed by atoms with E-state index in [1.807, 2.05) is 13.0 Å². The van der Waals surface area contributed by atoms with Crippen LogP contribution >= 0.6 is 39.1 Å². The highest BCUT2D eigenvalue weighted by Gasteiger charge is 2.13. The molecule has 136 valence electrons. The third-order valence-corrected chi connectivity index (χ3v) is 5.13. The van der Waals surface area contributed by atoms with Gasteiger partial charge in [0.2, 0.25) is 0 Å². The van der Waals surface area contributed by atoms with Crippen molar-refractivity contribution in [1.82, 2.24) is 4.57 Å². The van der Waals surface area contributed by atoms with Crippen LogP contribution in [-0.2, 0) is 6.54 Å².